The van der Waals surface area contributed by atoms with Crippen LogP contribution in [-0.2, 0) is 19.6 Å². The fraction of sp³-hybridized carbons (Fsp3) is 0.333. The highest BCUT2D eigenvalue weighted by Crippen LogP contribution is 2.25. The summed E-state index contributed by atoms with van der Waals surface area (Å²) in [5, 5.41) is 2.79. The summed E-state index contributed by atoms with van der Waals surface area (Å²) >= 11 is 0. The molecule has 154 valence electrons. The Hall–Kier alpha value is -2.71. The Labute approximate surface area is 170 Å². The number of hydrogen-bond acceptors (Lipinski definition) is 5. The minimum absolute atomic E-state index is 0.126. The Kier molecular flexibility index (Phi) is 6.66. The van der Waals surface area contributed by atoms with Crippen molar-refractivity contribution < 1.29 is 22.7 Å². The molecule has 2 aromatic rings. The van der Waals surface area contributed by atoms with E-state index in [1.165, 1.54) is 4.31 Å². The highest BCUT2D eigenvalue weighted by atomic mass is 32.2. The van der Waals surface area contributed by atoms with Gasteiger partial charge in [-0.2, -0.15) is 4.31 Å². The van der Waals surface area contributed by atoms with Crippen molar-refractivity contribution in [2.24, 2.45) is 5.92 Å². The van der Waals surface area contributed by atoms with Gasteiger partial charge in [0.1, 0.15) is 0 Å². The van der Waals surface area contributed by atoms with Crippen molar-refractivity contribution in [3.63, 3.8) is 0 Å². The highest BCUT2D eigenvalue weighted by molar-refractivity contribution is 7.89. The van der Waals surface area contributed by atoms with Gasteiger partial charge in [-0.1, -0.05) is 24.3 Å². The zero-order valence-corrected chi connectivity index (χ0v) is 17.0. The first-order valence-electron chi connectivity index (χ1n) is 9.55. The molecule has 3 rings (SSSR count). The second-order valence-corrected chi connectivity index (χ2v) is 8.74. The summed E-state index contributed by atoms with van der Waals surface area (Å²) in [5.74, 6) is -1.19. The maximum Gasteiger partial charge on any atom is 0.338 e. The Morgan fingerprint density at radius 3 is 2.62 bits per heavy atom. The van der Waals surface area contributed by atoms with E-state index in [4.69, 9.17) is 4.74 Å². The lowest BCUT2D eigenvalue weighted by Crippen LogP contribution is -2.43. The van der Waals surface area contributed by atoms with Crippen LogP contribution in [0.15, 0.2) is 59.5 Å². The molecule has 29 heavy (non-hydrogen) atoms. The van der Waals surface area contributed by atoms with Gasteiger partial charge < -0.3 is 10.1 Å². The third-order valence-electron chi connectivity index (χ3n) is 4.78. The van der Waals surface area contributed by atoms with Gasteiger partial charge in [-0.15, -0.1) is 0 Å². The van der Waals surface area contributed by atoms with Crippen molar-refractivity contribution in [2.75, 3.05) is 25.0 Å². The molecular formula is C21H24N2O5S. The second kappa shape index (κ2) is 9.19. The topological polar surface area (TPSA) is 92.8 Å². The Morgan fingerprint density at radius 2 is 1.90 bits per heavy atom. The molecule has 1 aliphatic rings. The molecule has 7 nitrogen and oxygen atoms in total. The van der Waals surface area contributed by atoms with Crippen molar-refractivity contribution in [1.82, 2.24) is 4.31 Å². The molecule has 0 spiro atoms. The molecule has 1 fully saturated rings. The first-order valence-corrected chi connectivity index (χ1v) is 11.0. The van der Waals surface area contributed by atoms with Gasteiger partial charge in [0.05, 0.1) is 23.0 Å². The maximum atomic E-state index is 12.8. The van der Waals surface area contributed by atoms with Crippen LogP contribution in [0.1, 0.15) is 30.1 Å². The standard InChI is InChI=1S/C21H24N2O5S/c1-2-28-21(25)16-8-6-10-18(14-16)22-20(24)17-9-7-13-23(15-17)29(26,27)19-11-4-3-5-12-19/h3-6,8,10-12,14,17H,2,7,9,13,15H2,1H3,(H,22,24). The third-order valence-corrected chi connectivity index (χ3v) is 6.66. The van der Waals surface area contributed by atoms with Crippen molar-refractivity contribution in [1.29, 1.82) is 0 Å². The van der Waals surface area contributed by atoms with E-state index in [0.717, 1.165) is 0 Å². The average molecular weight is 416 g/mol. The number of hydrogen-bond donors (Lipinski definition) is 1. The summed E-state index contributed by atoms with van der Waals surface area (Å²) in [5.41, 5.74) is 0.824. The number of ether oxygens (including phenoxy) is 1. The fourth-order valence-corrected chi connectivity index (χ4v) is 4.84. The molecular weight excluding hydrogens is 392 g/mol. The van der Waals surface area contributed by atoms with Gasteiger partial charge in [0, 0.05) is 18.8 Å². The lowest BCUT2D eigenvalue weighted by molar-refractivity contribution is -0.120. The molecule has 1 amide bonds. The van der Waals surface area contributed by atoms with E-state index in [2.05, 4.69) is 5.32 Å². The summed E-state index contributed by atoms with van der Waals surface area (Å²) in [6.45, 7) is 2.51. The van der Waals surface area contributed by atoms with Gasteiger partial charge in [-0.25, -0.2) is 13.2 Å². The van der Waals surface area contributed by atoms with Crippen LogP contribution in [0.25, 0.3) is 0 Å². The van der Waals surface area contributed by atoms with Crippen LogP contribution >= 0.6 is 0 Å². The molecule has 1 unspecified atom stereocenters. The number of benzene rings is 2. The van der Waals surface area contributed by atoms with Crippen LogP contribution in [0, 0.1) is 5.92 Å². The molecule has 0 radical (unpaired) electrons. The lowest BCUT2D eigenvalue weighted by atomic mass is 9.98. The van der Waals surface area contributed by atoms with Crippen LogP contribution in [-0.4, -0.2) is 44.3 Å². The largest absolute Gasteiger partial charge is 0.462 e. The number of nitrogens with one attached hydrogen (secondary N) is 1. The number of sulfonamides is 1. The molecule has 0 saturated carbocycles. The number of piperidine rings is 1. The van der Waals surface area contributed by atoms with Gasteiger partial charge >= 0.3 is 5.97 Å². The van der Waals surface area contributed by atoms with Crippen LogP contribution in [0.4, 0.5) is 5.69 Å². The average Bonchev–Trinajstić information content (AvgIpc) is 2.75. The van der Waals surface area contributed by atoms with Crippen molar-refractivity contribution >= 4 is 27.6 Å². The Morgan fingerprint density at radius 1 is 1.14 bits per heavy atom. The monoisotopic (exact) mass is 416 g/mol. The maximum absolute atomic E-state index is 12.8. The van der Waals surface area contributed by atoms with E-state index in [1.807, 2.05) is 0 Å². The predicted molar refractivity (Wildman–Crippen MR) is 109 cm³/mol. The minimum Gasteiger partial charge on any atom is -0.462 e. The number of rotatable bonds is 6. The predicted octanol–water partition coefficient (Wildman–Crippen LogP) is 2.90. The first kappa shape index (κ1) is 21.0. The van der Waals surface area contributed by atoms with E-state index in [0.29, 0.717) is 30.6 Å². The number of anilines is 1. The summed E-state index contributed by atoms with van der Waals surface area (Å²) in [4.78, 5) is 24.8. The molecule has 1 N–H and O–H groups in total. The lowest BCUT2D eigenvalue weighted by Gasteiger charge is -2.31. The molecule has 8 heteroatoms. The van der Waals surface area contributed by atoms with Gasteiger partial charge in [0.15, 0.2) is 0 Å². The summed E-state index contributed by atoms with van der Waals surface area (Å²) in [6, 6.07) is 14.7. The molecule has 1 heterocycles. The number of nitrogens with zero attached hydrogens (tertiary/aromatic N) is 1. The molecule has 0 bridgehead atoms. The Bertz CT molecular complexity index is 976. The molecule has 0 aromatic heterocycles. The highest BCUT2D eigenvalue weighted by Gasteiger charge is 2.33. The van der Waals surface area contributed by atoms with Crippen LogP contribution < -0.4 is 5.32 Å². The Balaban J connectivity index is 1.69. The van der Waals surface area contributed by atoms with Crippen LogP contribution in [0.5, 0.6) is 0 Å². The van der Waals surface area contributed by atoms with Crippen molar-refractivity contribution in [3.8, 4) is 0 Å². The van der Waals surface area contributed by atoms with E-state index in [-0.39, 0.29) is 24.0 Å². The molecule has 1 saturated heterocycles. The van der Waals surface area contributed by atoms with Crippen LogP contribution in [0.3, 0.4) is 0 Å². The number of esters is 1. The zero-order chi connectivity index (χ0) is 20.9. The zero-order valence-electron chi connectivity index (χ0n) is 16.2. The molecule has 2 aromatic carbocycles. The van der Waals surface area contributed by atoms with E-state index in [1.54, 1.807) is 61.5 Å². The van der Waals surface area contributed by atoms with E-state index < -0.39 is 21.9 Å². The van der Waals surface area contributed by atoms with Gasteiger partial charge in [0.2, 0.25) is 15.9 Å². The quantitative estimate of drug-likeness (QED) is 0.731. The second-order valence-electron chi connectivity index (χ2n) is 6.81. The number of carbonyl (C=O) groups excluding carboxylic acids is 2. The molecule has 0 aliphatic carbocycles. The van der Waals surface area contributed by atoms with E-state index >= 15 is 0 Å². The minimum atomic E-state index is -3.63. The summed E-state index contributed by atoms with van der Waals surface area (Å²) in [6.07, 6.45) is 1.21. The third kappa shape index (κ3) is 5.02. The van der Waals surface area contributed by atoms with Gasteiger partial charge in [-0.05, 0) is 50.1 Å². The number of carbonyl (C=O) groups is 2. The molecule has 1 atom stereocenters. The first-order chi connectivity index (χ1) is 13.9. The fourth-order valence-electron chi connectivity index (χ4n) is 3.30. The summed E-state index contributed by atoms with van der Waals surface area (Å²) in [7, 11) is -3.63. The van der Waals surface area contributed by atoms with Gasteiger partial charge in [0.25, 0.3) is 0 Å². The normalized spacial score (nSPS) is 17.5. The summed E-state index contributed by atoms with van der Waals surface area (Å²) < 4.78 is 32.0. The van der Waals surface area contributed by atoms with Crippen molar-refractivity contribution in [3.05, 3.63) is 60.2 Å². The van der Waals surface area contributed by atoms with Crippen LogP contribution in [0.2, 0.25) is 0 Å². The smallest absolute Gasteiger partial charge is 0.338 e. The molecule has 1 aliphatic heterocycles. The van der Waals surface area contributed by atoms with Gasteiger partial charge in [-0.3, -0.25) is 4.79 Å². The number of amides is 1. The van der Waals surface area contributed by atoms with Crippen molar-refractivity contribution in [2.45, 2.75) is 24.7 Å². The SMILES string of the molecule is CCOC(=O)c1cccc(NC(=O)C2CCCN(S(=O)(=O)c3ccccc3)C2)c1. The van der Waals surface area contributed by atoms with E-state index in [9.17, 15) is 18.0 Å².